The molecule has 1 saturated heterocycles. The molecule has 9 nitrogen and oxygen atoms in total. The van der Waals surface area contributed by atoms with E-state index in [1.807, 2.05) is 0 Å². The standard InChI is InChI=1S/C12H26BN3O6S/c1-10(14)4-6-23(20,21)16-7-11(3-2-5-13(18)19)12(15,8-16)22-9-17/h9-11,18-19H,2-8,14-15H2,1H3/t10-,11-,12+/m0/s1. The summed E-state index contributed by atoms with van der Waals surface area (Å²) in [5.41, 5.74) is 10.3. The van der Waals surface area contributed by atoms with Gasteiger partial charge in [-0.25, -0.2) is 8.42 Å². The van der Waals surface area contributed by atoms with E-state index in [2.05, 4.69) is 0 Å². The Morgan fingerprint density at radius 2 is 2.17 bits per heavy atom. The van der Waals surface area contributed by atoms with Crippen LogP contribution >= 0.6 is 0 Å². The van der Waals surface area contributed by atoms with E-state index in [-0.39, 0.29) is 37.7 Å². The molecule has 0 saturated carbocycles. The number of nitrogens with zero attached hydrogens (tertiary/aromatic N) is 1. The van der Waals surface area contributed by atoms with Gasteiger partial charge in [0.1, 0.15) is 0 Å². The van der Waals surface area contributed by atoms with Crippen molar-refractivity contribution in [3.63, 3.8) is 0 Å². The fraction of sp³-hybridized carbons (Fsp3) is 0.917. The largest absolute Gasteiger partial charge is 0.451 e. The highest BCUT2D eigenvalue weighted by molar-refractivity contribution is 7.89. The van der Waals surface area contributed by atoms with Gasteiger partial charge in [0.2, 0.25) is 10.0 Å². The van der Waals surface area contributed by atoms with Gasteiger partial charge in [0.25, 0.3) is 6.47 Å². The van der Waals surface area contributed by atoms with Gasteiger partial charge in [0.15, 0.2) is 5.72 Å². The average Bonchev–Trinajstić information content (AvgIpc) is 2.75. The van der Waals surface area contributed by atoms with E-state index in [4.69, 9.17) is 26.3 Å². The SMILES string of the molecule is C[C@H](N)CCS(=O)(=O)N1C[C@H](CCCB(O)O)[C@](N)(OC=O)C1. The molecule has 0 aromatic heterocycles. The molecule has 0 spiro atoms. The highest BCUT2D eigenvalue weighted by Gasteiger charge is 2.48. The van der Waals surface area contributed by atoms with Gasteiger partial charge in [-0.1, -0.05) is 6.42 Å². The van der Waals surface area contributed by atoms with Crippen molar-refractivity contribution >= 4 is 23.6 Å². The minimum absolute atomic E-state index is 0.0933. The normalized spacial score (nSPS) is 26.9. The minimum Gasteiger partial charge on any atom is -0.445 e. The van der Waals surface area contributed by atoms with Crippen LogP contribution < -0.4 is 11.5 Å². The maximum absolute atomic E-state index is 12.3. The molecule has 1 fully saturated rings. The molecule has 1 aliphatic heterocycles. The lowest BCUT2D eigenvalue weighted by Crippen LogP contribution is -2.50. The van der Waals surface area contributed by atoms with Gasteiger partial charge in [-0.3, -0.25) is 10.5 Å². The maximum atomic E-state index is 12.3. The number of carbonyl (C=O) groups is 1. The molecular formula is C12H26BN3O6S. The third kappa shape index (κ3) is 6.01. The highest BCUT2D eigenvalue weighted by Crippen LogP contribution is 2.32. The molecule has 0 aromatic carbocycles. The monoisotopic (exact) mass is 351 g/mol. The molecule has 1 heterocycles. The van der Waals surface area contributed by atoms with Crippen molar-refractivity contribution in [2.75, 3.05) is 18.8 Å². The lowest BCUT2D eigenvalue weighted by Gasteiger charge is -2.28. The molecule has 0 aromatic rings. The van der Waals surface area contributed by atoms with Crippen molar-refractivity contribution in [2.24, 2.45) is 17.4 Å². The molecule has 0 radical (unpaired) electrons. The van der Waals surface area contributed by atoms with Gasteiger partial charge in [0.05, 0.1) is 12.3 Å². The van der Waals surface area contributed by atoms with Crippen LogP contribution in [0.2, 0.25) is 6.32 Å². The van der Waals surface area contributed by atoms with Crippen LogP contribution in [0.15, 0.2) is 0 Å². The Morgan fingerprint density at radius 3 is 2.70 bits per heavy atom. The fourth-order valence-electron chi connectivity index (χ4n) is 2.65. The molecule has 0 unspecified atom stereocenters. The number of carbonyl (C=O) groups excluding carboxylic acids is 1. The molecule has 3 atom stereocenters. The number of hydrogen-bond donors (Lipinski definition) is 4. The lowest BCUT2D eigenvalue weighted by atomic mass is 9.81. The zero-order valence-electron chi connectivity index (χ0n) is 13.3. The molecule has 0 amide bonds. The van der Waals surface area contributed by atoms with Crippen LogP contribution in [-0.4, -0.2) is 67.0 Å². The van der Waals surface area contributed by atoms with E-state index >= 15 is 0 Å². The summed E-state index contributed by atoms with van der Waals surface area (Å²) < 4.78 is 30.9. The molecule has 1 aliphatic rings. The van der Waals surface area contributed by atoms with E-state index in [0.717, 1.165) is 0 Å². The van der Waals surface area contributed by atoms with E-state index in [1.54, 1.807) is 6.92 Å². The molecule has 0 bridgehead atoms. The molecular weight excluding hydrogens is 325 g/mol. The van der Waals surface area contributed by atoms with Crippen molar-refractivity contribution in [3.05, 3.63) is 0 Å². The van der Waals surface area contributed by atoms with E-state index in [0.29, 0.717) is 19.3 Å². The van der Waals surface area contributed by atoms with Crippen LogP contribution in [0.1, 0.15) is 26.2 Å². The third-order valence-corrected chi connectivity index (χ3v) is 5.86. The van der Waals surface area contributed by atoms with Gasteiger partial charge >= 0.3 is 7.12 Å². The Kier molecular flexibility index (Phi) is 7.43. The number of nitrogens with two attached hydrogens (primary N) is 2. The van der Waals surface area contributed by atoms with Crippen molar-refractivity contribution in [1.82, 2.24) is 4.31 Å². The van der Waals surface area contributed by atoms with E-state index in [9.17, 15) is 13.2 Å². The summed E-state index contributed by atoms with van der Waals surface area (Å²) in [6.45, 7) is 1.96. The first-order chi connectivity index (χ1) is 10.6. The van der Waals surface area contributed by atoms with Gasteiger partial charge in [-0.2, -0.15) is 4.31 Å². The van der Waals surface area contributed by atoms with Crippen LogP contribution in [0.25, 0.3) is 0 Å². The number of ether oxygens (including phenoxy) is 1. The summed E-state index contributed by atoms with van der Waals surface area (Å²) in [6, 6.07) is -0.233. The van der Waals surface area contributed by atoms with Crippen LogP contribution in [-0.2, 0) is 19.6 Å². The minimum atomic E-state index is -3.54. The molecule has 134 valence electrons. The summed E-state index contributed by atoms with van der Waals surface area (Å²) in [4.78, 5) is 10.7. The van der Waals surface area contributed by atoms with Crippen molar-refractivity contribution in [2.45, 2.75) is 44.3 Å². The van der Waals surface area contributed by atoms with E-state index < -0.39 is 28.8 Å². The lowest BCUT2D eigenvalue weighted by molar-refractivity contribution is -0.145. The van der Waals surface area contributed by atoms with Crippen molar-refractivity contribution < 1.29 is 28.0 Å². The van der Waals surface area contributed by atoms with Crippen molar-refractivity contribution in [3.8, 4) is 0 Å². The predicted molar refractivity (Wildman–Crippen MR) is 85.4 cm³/mol. The van der Waals surface area contributed by atoms with Crippen LogP contribution in [0.4, 0.5) is 0 Å². The second kappa shape index (κ2) is 8.40. The quantitative estimate of drug-likeness (QED) is 0.201. The first-order valence-corrected chi connectivity index (χ1v) is 9.21. The Bertz CT molecular complexity index is 489. The van der Waals surface area contributed by atoms with E-state index in [1.165, 1.54) is 4.31 Å². The summed E-state index contributed by atoms with van der Waals surface area (Å²) >= 11 is 0. The Hall–Kier alpha value is -0.715. The van der Waals surface area contributed by atoms with Crippen molar-refractivity contribution in [1.29, 1.82) is 0 Å². The number of rotatable bonds is 10. The second-order valence-corrected chi connectivity index (χ2v) is 8.24. The number of sulfonamides is 1. The zero-order chi connectivity index (χ0) is 17.7. The van der Waals surface area contributed by atoms with Crippen LogP contribution in [0.5, 0.6) is 0 Å². The predicted octanol–water partition coefficient (Wildman–Crippen LogP) is -1.93. The molecule has 1 rings (SSSR count). The molecule has 23 heavy (non-hydrogen) atoms. The average molecular weight is 351 g/mol. The maximum Gasteiger partial charge on any atom is 0.451 e. The second-order valence-electron chi connectivity index (χ2n) is 6.15. The van der Waals surface area contributed by atoms with Gasteiger partial charge in [0, 0.05) is 18.5 Å². The summed E-state index contributed by atoms with van der Waals surface area (Å²) in [5, 5.41) is 17.8. The molecule has 0 aliphatic carbocycles. The van der Waals surface area contributed by atoms with Gasteiger partial charge in [-0.05, 0) is 26.1 Å². The molecule has 11 heteroatoms. The first kappa shape index (κ1) is 20.3. The Labute approximate surface area is 137 Å². The third-order valence-electron chi connectivity index (χ3n) is 4.05. The fourth-order valence-corrected chi connectivity index (χ4v) is 4.38. The summed E-state index contributed by atoms with van der Waals surface area (Å²) in [7, 11) is -4.97. The molecule has 6 N–H and O–H groups in total. The Morgan fingerprint density at radius 1 is 1.52 bits per heavy atom. The van der Waals surface area contributed by atoms with Crippen LogP contribution in [0, 0.1) is 5.92 Å². The number of hydrogen-bond acceptors (Lipinski definition) is 8. The smallest absolute Gasteiger partial charge is 0.445 e. The zero-order valence-corrected chi connectivity index (χ0v) is 14.1. The van der Waals surface area contributed by atoms with Gasteiger partial charge in [-0.15, -0.1) is 0 Å². The van der Waals surface area contributed by atoms with Gasteiger partial charge < -0.3 is 20.5 Å². The first-order valence-electron chi connectivity index (χ1n) is 7.60. The summed E-state index contributed by atoms with van der Waals surface area (Å²) in [6.07, 6.45) is 1.32. The Balaban J connectivity index is 2.76. The highest BCUT2D eigenvalue weighted by atomic mass is 32.2. The topological polar surface area (TPSA) is 156 Å². The van der Waals surface area contributed by atoms with Crippen LogP contribution in [0.3, 0.4) is 0 Å². The summed E-state index contributed by atoms with van der Waals surface area (Å²) in [5.74, 6) is -0.499.